The molecule has 1 aliphatic rings. The summed E-state index contributed by atoms with van der Waals surface area (Å²) in [6.07, 6.45) is 3.79. The molecule has 0 saturated carbocycles. The zero-order chi connectivity index (χ0) is 13.2. The van der Waals surface area contributed by atoms with Gasteiger partial charge in [0.1, 0.15) is 0 Å². The van der Waals surface area contributed by atoms with Crippen molar-refractivity contribution >= 4 is 21.6 Å². The Morgan fingerprint density at radius 3 is 3.05 bits per heavy atom. The Morgan fingerprint density at radius 2 is 2.26 bits per heavy atom. The minimum Gasteiger partial charge on any atom is -0.381 e. The molecule has 5 heteroatoms. The van der Waals surface area contributed by atoms with Crippen molar-refractivity contribution in [2.75, 3.05) is 5.32 Å². The van der Waals surface area contributed by atoms with Crippen LogP contribution in [0.3, 0.4) is 0 Å². The molecule has 1 unspecified atom stereocenters. The lowest BCUT2D eigenvalue weighted by atomic mass is 10.1. The van der Waals surface area contributed by atoms with Crippen LogP contribution in [0.2, 0.25) is 0 Å². The molecule has 1 aromatic heterocycles. The minimum atomic E-state index is 0.312. The molecular weight excluding hydrogens is 306 g/mol. The van der Waals surface area contributed by atoms with E-state index in [9.17, 15) is 0 Å². The van der Waals surface area contributed by atoms with E-state index in [1.807, 2.05) is 10.9 Å². The molecule has 19 heavy (non-hydrogen) atoms. The number of nitrogens with one attached hydrogen (secondary N) is 1. The highest BCUT2D eigenvalue weighted by atomic mass is 79.9. The van der Waals surface area contributed by atoms with Crippen molar-refractivity contribution in [1.29, 1.82) is 0 Å². The molecule has 0 saturated heterocycles. The van der Waals surface area contributed by atoms with Crippen LogP contribution in [0.25, 0.3) is 0 Å². The van der Waals surface area contributed by atoms with Gasteiger partial charge in [-0.3, -0.25) is 4.68 Å². The van der Waals surface area contributed by atoms with Gasteiger partial charge >= 0.3 is 0 Å². The van der Waals surface area contributed by atoms with Crippen molar-refractivity contribution in [3.63, 3.8) is 0 Å². The van der Waals surface area contributed by atoms with Crippen LogP contribution in [-0.2, 0) is 24.5 Å². The van der Waals surface area contributed by atoms with Crippen molar-refractivity contribution in [3.8, 4) is 0 Å². The summed E-state index contributed by atoms with van der Waals surface area (Å²) in [7, 11) is 0. The monoisotopic (exact) mass is 321 g/mol. The summed E-state index contributed by atoms with van der Waals surface area (Å²) in [5.74, 6) is 0. The highest BCUT2D eigenvalue weighted by molar-refractivity contribution is 9.10. The van der Waals surface area contributed by atoms with Crippen LogP contribution < -0.4 is 5.32 Å². The maximum Gasteiger partial charge on any atom is 0.0725 e. The van der Waals surface area contributed by atoms with E-state index in [4.69, 9.17) is 4.74 Å². The van der Waals surface area contributed by atoms with Crippen molar-refractivity contribution in [3.05, 3.63) is 46.2 Å². The number of aromatic nitrogens is 2. The minimum absolute atomic E-state index is 0.312. The zero-order valence-electron chi connectivity index (χ0n) is 10.8. The van der Waals surface area contributed by atoms with Crippen molar-refractivity contribution in [2.45, 2.75) is 32.7 Å². The highest BCUT2D eigenvalue weighted by Crippen LogP contribution is 2.23. The highest BCUT2D eigenvalue weighted by Gasteiger charge is 2.12. The molecule has 1 aromatic carbocycles. The molecule has 0 radical (unpaired) electrons. The Hall–Kier alpha value is -1.33. The zero-order valence-corrected chi connectivity index (χ0v) is 12.4. The van der Waals surface area contributed by atoms with Crippen LogP contribution >= 0.6 is 15.9 Å². The van der Waals surface area contributed by atoms with E-state index in [0.717, 1.165) is 29.9 Å². The lowest BCUT2D eigenvalue weighted by molar-refractivity contribution is 0.134. The van der Waals surface area contributed by atoms with Gasteiger partial charge < -0.3 is 10.1 Å². The van der Waals surface area contributed by atoms with E-state index < -0.39 is 0 Å². The third kappa shape index (κ3) is 2.98. The van der Waals surface area contributed by atoms with Gasteiger partial charge in [-0.25, -0.2) is 0 Å². The average Bonchev–Trinajstić information content (AvgIpc) is 2.97. The Balaban J connectivity index is 1.64. The van der Waals surface area contributed by atoms with Crippen molar-refractivity contribution < 1.29 is 4.74 Å². The van der Waals surface area contributed by atoms with Crippen LogP contribution in [0.1, 0.15) is 18.1 Å². The van der Waals surface area contributed by atoms with Gasteiger partial charge in [0.2, 0.25) is 0 Å². The number of rotatable bonds is 4. The summed E-state index contributed by atoms with van der Waals surface area (Å²) in [6.45, 7) is 4.45. The first-order valence-electron chi connectivity index (χ1n) is 6.35. The first-order chi connectivity index (χ1) is 9.20. The van der Waals surface area contributed by atoms with Crippen molar-refractivity contribution in [2.24, 2.45) is 0 Å². The molecule has 1 aliphatic heterocycles. The second kappa shape index (κ2) is 5.35. The van der Waals surface area contributed by atoms with E-state index in [-0.39, 0.29) is 0 Å². The fourth-order valence-corrected chi connectivity index (χ4v) is 2.64. The number of hydrogen-bond donors (Lipinski definition) is 1. The molecule has 4 nitrogen and oxygen atoms in total. The number of benzene rings is 1. The van der Waals surface area contributed by atoms with Gasteiger partial charge in [0.25, 0.3) is 0 Å². The second-order valence-electron chi connectivity index (χ2n) is 4.90. The van der Waals surface area contributed by atoms with Gasteiger partial charge in [-0.2, -0.15) is 5.10 Å². The standard InChI is InChI=1S/C14H16BrN3O/c1-10(6-18-7-13(15)5-16-18)17-14-3-2-11-8-19-9-12(11)4-14/h2-5,7,10,17H,6,8-9H2,1H3. The summed E-state index contributed by atoms with van der Waals surface area (Å²) in [5, 5.41) is 7.76. The molecule has 0 fully saturated rings. The Kier molecular flexibility index (Phi) is 3.57. The largest absolute Gasteiger partial charge is 0.381 e. The van der Waals surface area contributed by atoms with Gasteiger partial charge in [0.05, 0.1) is 30.4 Å². The SMILES string of the molecule is CC(Cn1cc(Br)cn1)Nc1ccc2c(c1)COC2. The fraction of sp³-hybridized carbons (Fsp3) is 0.357. The lowest BCUT2D eigenvalue weighted by Crippen LogP contribution is -2.22. The molecule has 2 aromatic rings. The molecule has 0 amide bonds. The fourth-order valence-electron chi connectivity index (χ4n) is 2.31. The number of anilines is 1. The van der Waals surface area contributed by atoms with E-state index in [2.05, 4.69) is 51.5 Å². The molecule has 100 valence electrons. The quantitative estimate of drug-likeness (QED) is 0.940. The van der Waals surface area contributed by atoms with Gasteiger partial charge in [-0.1, -0.05) is 6.07 Å². The Bertz CT molecular complexity index is 582. The predicted molar refractivity (Wildman–Crippen MR) is 77.9 cm³/mol. The molecular formula is C14H16BrN3O. The predicted octanol–water partition coefficient (Wildman–Crippen LogP) is 3.18. The van der Waals surface area contributed by atoms with Gasteiger partial charge in [0, 0.05) is 17.9 Å². The summed E-state index contributed by atoms with van der Waals surface area (Å²) < 4.78 is 8.36. The topological polar surface area (TPSA) is 39.1 Å². The maximum absolute atomic E-state index is 5.43. The normalized spacial score (nSPS) is 15.3. The third-order valence-corrected chi connectivity index (χ3v) is 3.61. The molecule has 1 N–H and O–H groups in total. The van der Waals surface area contributed by atoms with Crippen LogP contribution in [0.15, 0.2) is 35.1 Å². The van der Waals surface area contributed by atoms with Gasteiger partial charge in [-0.15, -0.1) is 0 Å². The maximum atomic E-state index is 5.43. The van der Waals surface area contributed by atoms with E-state index in [1.54, 1.807) is 6.20 Å². The van der Waals surface area contributed by atoms with Crippen LogP contribution in [0.5, 0.6) is 0 Å². The van der Waals surface area contributed by atoms with E-state index in [0.29, 0.717) is 6.04 Å². The number of nitrogens with zero attached hydrogens (tertiary/aromatic N) is 2. The summed E-state index contributed by atoms with van der Waals surface area (Å²) in [5.41, 5.74) is 3.73. The first-order valence-corrected chi connectivity index (χ1v) is 7.14. The first kappa shape index (κ1) is 12.7. The van der Waals surface area contributed by atoms with Crippen LogP contribution in [-0.4, -0.2) is 15.8 Å². The second-order valence-corrected chi connectivity index (χ2v) is 5.82. The van der Waals surface area contributed by atoms with Gasteiger partial charge in [-0.05, 0) is 46.1 Å². The van der Waals surface area contributed by atoms with E-state index >= 15 is 0 Å². The van der Waals surface area contributed by atoms with Crippen LogP contribution in [0, 0.1) is 0 Å². The van der Waals surface area contributed by atoms with Crippen molar-refractivity contribution in [1.82, 2.24) is 9.78 Å². The number of halogens is 1. The molecule has 0 aliphatic carbocycles. The summed E-state index contributed by atoms with van der Waals surface area (Å²) >= 11 is 3.41. The Labute approximate surface area is 120 Å². The summed E-state index contributed by atoms with van der Waals surface area (Å²) in [6, 6.07) is 6.75. The molecule has 2 heterocycles. The molecule has 3 rings (SSSR count). The number of hydrogen-bond acceptors (Lipinski definition) is 3. The number of fused-ring (bicyclic) bond motifs is 1. The third-order valence-electron chi connectivity index (χ3n) is 3.20. The average molecular weight is 322 g/mol. The number of ether oxygens (including phenoxy) is 1. The Morgan fingerprint density at radius 1 is 1.42 bits per heavy atom. The summed E-state index contributed by atoms with van der Waals surface area (Å²) in [4.78, 5) is 0. The lowest BCUT2D eigenvalue weighted by Gasteiger charge is -2.16. The van der Waals surface area contributed by atoms with Gasteiger partial charge in [0.15, 0.2) is 0 Å². The smallest absolute Gasteiger partial charge is 0.0725 e. The molecule has 0 spiro atoms. The van der Waals surface area contributed by atoms with Crippen LogP contribution in [0.4, 0.5) is 5.69 Å². The molecule has 1 atom stereocenters. The van der Waals surface area contributed by atoms with E-state index in [1.165, 1.54) is 11.1 Å². The molecule has 0 bridgehead atoms.